The molecule has 0 unspecified atom stereocenters. The van der Waals surface area contributed by atoms with Crippen LogP contribution < -0.4 is 10.1 Å². The van der Waals surface area contributed by atoms with E-state index in [4.69, 9.17) is 9.47 Å². The summed E-state index contributed by atoms with van der Waals surface area (Å²) in [5.74, 6) is 0.972. The van der Waals surface area contributed by atoms with Gasteiger partial charge in [-0.3, -0.25) is 9.59 Å². The van der Waals surface area contributed by atoms with Crippen molar-refractivity contribution in [1.82, 2.24) is 14.8 Å². The second-order valence-electron chi connectivity index (χ2n) is 4.99. The lowest BCUT2D eigenvalue weighted by atomic mass is 10.3. The van der Waals surface area contributed by atoms with Crippen molar-refractivity contribution in [3.05, 3.63) is 35.9 Å². The molecule has 0 spiro atoms. The van der Waals surface area contributed by atoms with Gasteiger partial charge >= 0.3 is 5.97 Å². The van der Waals surface area contributed by atoms with Crippen LogP contribution in [0.15, 0.2) is 24.3 Å². The van der Waals surface area contributed by atoms with Gasteiger partial charge in [-0.2, -0.15) is 5.10 Å². The highest BCUT2D eigenvalue weighted by atomic mass is 16.5. The Hall–Kier alpha value is -2.90. The molecule has 0 radical (unpaired) electrons. The average molecular weight is 332 g/mol. The van der Waals surface area contributed by atoms with Crippen LogP contribution in [0, 0.1) is 6.92 Å². The Morgan fingerprint density at radius 3 is 2.58 bits per heavy atom. The lowest BCUT2D eigenvalue weighted by molar-refractivity contribution is -0.142. The molecule has 0 bridgehead atoms. The number of carbonyl (C=O) groups excluding carboxylic acids is 2. The van der Waals surface area contributed by atoms with Gasteiger partial charge in [-0.1, -0.05) is 0 Å². The van der Waals surface area contributed by atoms with Crippen molar-refractivity contribution in [2.75, 3.05) is 19.0 Å². The maximum Gasteiger partial charge on any atom is 0.313 e. The first kappa shape index (κ1) is 17.5. The SMILES string of the molecule is CCOC(=O)Cc1nc(C)n(CC(=O)Nc2ccc(OC)cc2)n1. The molecule has 2 aromatic rings. The molecule has 0 aliphatic carbocycles. The van der Waals surface area contributed by atoms with Crippen LogP contribution in [0.2, 0.25) is 0 Å². The maximum absolute atomic E-state index is 12.1. The van der Waals surface area contributed by atoms with Crippen LogP contribution >= 0.6 is 0 Å². The van der Waals surface area contributed by atoms with Gasteiger partial charge in [-0.15, -0.1) is 0 Å². The van der Waals surface area contributed by atoms with E-state index in [2.05, 4.69) is 15.4 Å². The minimum atomic E-state index is -0.391. The third kappa shape index (κ3) is 4.80. The highest BCUT2D eigenvalue weighted by Gasteiger charge is 2.13. The standard InChI is InChI=1S/C16H20N4O4/c1-4-24-16(22)9-14-17-11(2)20(19-14)10-15(21)18-12-5-7-13(23-3)8-6-12/h5-8H,4,9-10H2,1-3H3,(H,18,21). The number of hydrogen-bond acceptors (Lipinski definition) is 6. The quantitative estimate of drug-likeness (QED) is 0.769. The van der Waals surface area contributed by atoms with Gasteiger partial charge in [0.1, 0.15) is 24.5 Å². The van der Waals surface area contributed by atoms with Crippen molar-refractivity contribution in [3.8, 4) is 5.75 Å². The lowest BCUT2D eigenvalue weighted by Crippen LogP contribution is -2.20. The van der Waals surface area contributed by atoms with Crippen LogP contribution in [-0.2, 0) is 27.3 Å². The first-order valence-corrected chi connectivity index (χ1v) is 7.51. The van der Waals surface area contributed by atoms with E-state index in [-0.39, 0.29) is 18.9 Å². The Labute approximate surface area is 139 Å². The minimum absolute atomic E-state index is 0.00763. The van der Waals surface area contributed by atoms with Crippen molar-refractivity contribution in [2.45, 2.75) is 26.8 Å². The van der Waals surface area contributed by atoms with Crippen LogP contribution in [0.3, 0.4) is 0 Å². The third-order valence-electron chi connectivity index (χ3n) is 3.18. The van der Waals surface area contributed by atoms with Crippen LogP contribution in [-0.4, -0.2) is 40.4 Å². The molecular weight excluding hydrogens is 312 g/mol. The van der Waals surface area contributed by atoms with E-state index in [1.807, 2.05) is 0 Å². The van der Waals surface area contributed by atoms with Crippen molar-refractivity contribution in [1.29, 1.82) is 0 Å². The molecule has 1 heterocycles. The number of aromatic nitrogens is 3. The second-order valence-corrected chi connectivity index (χ2v) is 4.99. The molecule has 8 heteroatoms. The number of anilines is 1. The number of amides is 1. The summed E-state index contributed by atoms with van der Waals surface area (Å²) < 4.78 is 11.4. The average Bonchev–Trinajstić information content (AvgIpc) is 2.87. The summed E-state index contributed by atoms with van der Waals surface area (Å²) in [5.41, 5.74) is 0.658. The molecule has 0 saturated carbocycles. The summed E-state index contributed by atoms with van der Waals surface area (Å²) in [6.45, 7) is 3.78. The Morgan fingerprint density at radius 1 is 1.25 bits per heavy atom. The van der Waals surface area contributed by atoms with Gasteiger partial charge in [0.15, 0.2) is 5.82 Å². The van der Waals surface area contributed by atoms with Gasteiger partial charge in [-0.05, 0) is 38.1 Å². The topological polar surface area (TPSA) is 95.3 Å². The van der Waals surface area contributed by atoms with E-state index in [9.17, 15) is 9.59 Å². The summed E-state index contributed by atoms with van der Waals surface area (Å²) in [5, 5.41) is 6.93. The maximum atomic E-state index is 12.1. The highest BCUT2D eigenvalue weighted by molar-refractivity contribution is 5.90. The number of aryl methyl sites for hydroxylation is 1. The number of benzene rings is 1. The Balaban J connectivity index is 1.95. The zero-order valence-corrected chi connectivity index (χ0v) is 13.9. The summed E-state index contributed by atoms with van der Waals surface area (Å²) in [6, 6.07) is 7.01. The van der Waals surface area contributed by atoms with E-state index >= 15 is 0 Å². The molecule has 24 heavy (non-hydrogen) atoms. The fourth-order valence-electron chi connectivity index (χ4n) is 2.06. The van der Waals surface area contributed by atoms with Gasteiger partial charge in [0.2, 0.25) is 5.91 Å². The van der Waals surface area contributed by atoms with Crippen molar-refractivity contribution < 1.29 is 19.1 Å². The lowest BCUT2D eigenvalue weighted by Gasteiger charge is -2.07. The molecule has 2 rings (SSSR count). The summed E-state index contributed by atoms with van der Waals surface area (Å²) in [7, 11) is 1.58. The smallest absolute Gasteiger partial charge is 0.313 e. The number of nitrogens with one attached hydrogen (secondary N) is 1. The van der Waals surface area contributed by atoms with E-state index in [0.717, 1.165) is 0 Å². The molecule has 0 atom stereocenters. The van der Waals surface area contributed by atoms with Crippen molar-refractivity contribution in [2.24, 2.45) is 0 Å². The van der Waals surface area contributed by atoms with Crippen molar-refractivity contribution in [3.63, 3.8) is 0 Å². The Bertz CT molecular complexity index is 709. The molecule has 0 saturated heterocycles. The first-order valence-electron chi connectivity index (χ1n) is 7.51. The Morgan fingerprint density at radius 2 is 1.96 bits per heavy atom. The molecule has 0 fully saturated rings. The van der Waals surface area contributed by atoms with Gasteiger partial charge in [0.05, 0.1) is 13.7 Å². The van der Waals surface area contributed by atoms with Gasteiger partial charge in [0, 0.05) is 5.69 Å². The number of carbonyl (C=O) groups is 2. The molecule has 1 aromatic heterocycles. The molecule has 128 valence electrons. The van der Waals surface area contributed by atoms with Gasteiger partial charge in [0.25, 0.3) is 0 Å². The van der Waals surface area contributed by atoms with E-state index in [1.54, 1.807) is 45.2 Å². The zero-order chi connectivity index (χ0) is 17.5. The monoisotopic (exact) mass is 332 g/mol. The van der Waals surface area contributed by atoms with Crippen LogP contribution in [0.5, 0.6) is 5.75 Å². The largest absolute Gasteiger partial charge is 0.497 e. The van der Waals surface area contributed by atoms with Crippen LogP contribution in [0.4, 0.5) is 5.69 Å². The summed E-state index contributed by atoms with van der Waals surface area (Å²) in [4.78, 5) is 27.7. The molecule has 1 amide bonds. The van der Waals surface area contributed by atoms with Gasteiger partial charge < -0.3 is 14.8 Å². The predicted molar refractivity (Wildman–Crippen MR) is 86.7 cm³/mol. The molecule has 0 aliphatic rings. The fourth-order valence-corrected chi connectivity index (χ4v) is 2.06. The van der Waals surface area contributed by atoms with E-state index in [1.165, 1.54) is 4.68 Å². The van der Waals surface area contributed by atoms with Crippen molar-refractivity contribution >= 4 is 17.6 Å². The minimum Gasteiger partial charge on any atom is -0.497 e. The van der Waals surface area contributed by atoms with Crippen LogP contribution in [0.25, 0.3) is 0 Å². The molecular formula is C16H20N4O4. The molecule has 1 N–H and O–H groups in total. The molecule has 1 aromatic carbocycles. The number of nitrogens with zero attached hydrogens (tertiary/aromatic N) is 3. The van der Waals surface area contributed by atoms with E-state index in [0.29, 0.717) is 29.7 Å². The number of hydrogen-bond donors (Lipinski definition) is 1. The normalized spacial score (nSPS) is 10.3. The second kappa shape index (κ2) is 8.09. The molecule has 8 nitrogen and oxygen atoms in total. The predicted octanol–water partition coefficient (Wildman–Crippen LogP) is 1.34. The van der Waals surface area contributed by atoms with Crippen LogP contribution in [0.1, 0.15) is 18.6 Å². The number of esters is 1. The fraction of sp³-hybridized carbons (Fsp3) is 0.375. The molecule has 0 aliphatic heterocycles. The first-order chi connectivity index (χ1) is 11.5. The highest BCUT2D eigenvalue weighted by Crippen LogP contribution is 2.15. The number of methoxy groups -OCH3 is 1. The van der Waals surface area contributed by atoms with E-state index < -0.39 is 5.97 Å². The zero-order valence-electron chi connectivity index (χ0n) is 13.9. The number of rotatable bonds is 7. The number of ether oxygens (including phenoxy) is 2. The summed E-state index contributed by atoms with van der Waals surface area (Å²) >= 11 is 0. The van der Waals surface area contributed by atoms with Gasteiger partial charge in [-0.25, -0.2) is 9.67 Å². The Kier molecular flexibility index (Phi) is 5.89. The third-order valence-corrected chi connectivity index (χ3v) is 3.18. The summed E-state index contributed by atoms with van der Waals surface area (Å²) in [6.07, 6.45) is -0.0121.